The van der Waals surface area contributed by atoms with E-state index in [9.17, 15) is 13.2 Å². The van der Waals surface area contributed by atoms with Gasteiger partial charge in [-0.2, -0.15) is 18.3 Å². The Kier molecular flexibility index (Phi) is 3.78. The standard InChI is InChI=1S/C14H11F3N4S/c1-21-12-11(6-20-21)13(19-8-18-12)22-7-9-3-2-4-10(5-9)14(15,16)17/h2-6,8H,7H2,1H3. The van der Waals surface area contributed by atoms with Crippen molar-refractivity contribution in [3.63, 3.8) is 0 Å². The summed E-state index contributed by atoms with van der Waals surface area (Å²) < 4.78 is 39.7. The lowest BCUT2D eigenvalue weighted by Gasteiger charge is -2.08. The van der Waals surface area contributed by atoms with Gasteiger partial charge in [-0.05, 0) is 11.6 Å². The van der Waals surface area contributed by atoms with Gasteiger partial charge in [-0.15, -0.1) is 11.8 Å². The molecule has 0 atom stereocenters. The van der Waals surface area contributed by atoms with E-state index in [2.05, 4.69) is 15.1 Å². The Morgan fingerprint density at radius 2 is 2.05 bits per heavy atom. The largest absolute Gasteiger partial charge is 0.416 e. The zero-order chi connectivity index (χ0) is 15.7. The summed E-state index contributed by atoms with van der Waals surface area (Å²) in [5.41, 5.74) is 0.650. The fourth-order valence-corrected chi connectivity index (χ4v) is 2.95. The molecule has 4 nitrogen and oxygen atoms in total. The topological polar surface area (TPSA) is 43.6 Å². The van der Waals surface area contributed by atoms with Crippen LogP contribution in [0.15, 0.2) is 41.8 Å². The highest BCUT2D eigenvalue weighted by Gasteiger charge is 2.30. The summed E-state index contributed by atoms with van der Waals surface area (Å²) in [6, 6.07) is 5.31. The Labute approximate surface area is 128 Å². The summed E-state index contributed by atoms with van der Waals surface area (Å²) in [5, 5.41) is 5.61. The second kappa shape index (κ2) is 5.60. The molecule has 0 saturated carbocycles. The van der Waals surface area contributed by atoms with Crippen LogP contribution in [0.1, 0.15) is 11.1 Å². The van der Waals surface area contributed by atoms with Gasteiger partial charge in [0.2, 0.25) is 0 Å². The van der Waals surface area contributed by atoms with Crippen LogP contribution in [0.4, 0.5) is 13.2 Å². The molecule has 0 aliphatic carbocycles. The average Bonchev–Trinajstić information content (AvgIpc) is 2.87. The van der Waals surface area contributed by atoms with Crippen LogP contribution in [0.5, 0.6) is 0 Å². The molecule has 3 rings (SSSR count). The molecule has 0 bridgehead atoms. The van der Waals surface area contributed by atoms with E-state index in [1.807, 2.05) is 0 Å². The third-order valence-corrected chi connectivity index (χ3v) is 4.20. The van der Waals surface area contributed by atoms with E-state index in [0.29, 0.717) is 22.0 Å². The Balaban J connectivity index is 1.83. The minimum atomic E-state index is -4.33. The Bertz CT molecular complexity index is 813. The maximum Gasteiger partial charge on any atom is 0.416 e. The molecule has 0 fully saturated rings. The molecule has 8 heteroatoms. The molecular weight excluding hydrogens is 313 g/mol. The summed E-state index contributed by atoms with van der Waals surface area (Å²) in [6.45, 7) is 0. The number of nitrogens with zero attached hydrogens (tertiary/aromatic N) is 4. The molecule has 0 aliphatic rings. The molecule has 0 radical (unpaired) electrons. The second-order valence-electron chi connectivity index (χ2n) is 4.67. The summed E-state index contributed by atoms with van der Waals surface area (Å²) in [4.78, 5) is 8.31. The summed E-state index contributed by atoms with van der Waals surface area (Å²) in [5.74, 6) is 0.394. The first kappa shape index (κ1) is 14.8. The van der Waals surface area contributed by atoms with Crippen molar-refractivity contribution in [3.05, 3.63) is 47.9 Å². The Hall–Kier alpha value is -2.09. The van der Waals surface area contributed by atoms with Crippen LogP contribution >= 0.6 is 11.8 Å². The van der Waals surface area contributed by atoms with Gasteiger partial charge >= 0.3 is 6.18 Å². The minimum absolute atomic E-state index is 0.394. The van der Waals surface area contributed by atoms with E-state index < -0.39 is 11.7 Å². The molecule has 0 amide bonds. The van der Waals surface area contributed by atoms with E-state index in [1.165, 1.54) is 24.2 Å². The molecule has 0 aliphatic heterocycles. The van der Waals surface area contributed by atoms with Crippen molar-refractivity contribution in [2.75, 3.05) is 0 Å². The van der Waals surface area contributed by atoms with Crippen molar-refractivity contribution >= 4 is 22.8 Å². The number of thioether (sulfide) groups is 1. The maximum atomic E-state index is 12.7. The number of aryl methyl sites for hydroxylation is 1. The average molecular weight is 324 g/mol. The predicted octanol–water partition coefficient (Wildman–Crippen LogP) is 3.67. The molecule has 22 heavy (non-hydrogen) atoms. The number of benzene rings is 1. The van der Waals surface area contributed by atoms with Crippen molar-refractivity contribution in [3.8, 4) is 0 Å². The van der Waals surface area contributed by atoms with Crippen molar-refractivity contribution < 1.29 is 13.2 Å². The van der Waals surface area contributed by atoms with Crippen LogP contribution in [0.3, 0.4) is 0 Å². The SMILES string of the molecule is Cn1ncc2c(SCc3cccc(C(F)(F)F)c3)ncnc21. The fourth-order valence-electron chi connectivity index (χ4n) is 2.04. The van der Waals surface area contributed by atoms with Crippen LogP contribution < -0.4 is 0 Å². The van der Waals surface area contributed by atoms with E-state index in [1.54, 1.807) is 24.0 Å². The number of halogens is 3. The quantitative estimate of drug-likeness (QED) is 0.544. The lowest BCUT2D eigenvalue weighted by molar-refractivity contribution is -0.137. The molecule has 0 N–H and O–H groups in total. The van der Waals surface area contributed by atoms with Gasteiger partial charge in [0.05, 0.1) is 17.1 Å². The van der Waals surface area contributed by atoms with E-state index in [4.69, 9.17) is 0 Å². The van der Waals surface area contributed by atoms with Crippen LogP contribution in [-0.4, -0.2) is 19.7 Å². The van der Waals surface area contributed by atoms with Crippen molar-refractivity contribution in [2.24, 2.45) is 7.05 Å². The third kappa shape index (κ3) is 2.92. The smallest absolute Gasteiger partial charge is 0.250 e. The first-order valence-corrected chi connectivity index (χ1v) is 7.35. The molecule has 0 spiro atoms. The lowest BCUT2D eigenvalue weighted by Crippen LogP contribution is -2.04. The molecule has 1 aromatic carbocycles. The highest BCUT2D eigenvalue weighted by atomic mass is 32.2. The van der Waals surface area contributed by atoms with Gasteiger partial charge in [0.25, 0.3) is 0 Å². The maximum absolute atomic E-state index is 12.7. The number of hydrogen-bond acceptors (Lipinski definition) is 4. The summed E-state index contributed by atoms with van der Waals surface area (Å²) in [7, 11) is 1.77. The molecule has 0 saturated heterocycles. The van der Waals surface area contributed by atoms with Gasteiger partial charge in [0.15, 0.2) is 5.65 Å². The van der Waals surface area contributed by atoms with Crippen LogP contribution in [0.25, 0.3) is 11.0 Å². The molecular formula is C14H11F3N4S. The molecule has 2 aromatic heterocycles. The van der Waals surface area contributed by atoms with Crippen molar-refractivity contribution in [1.29, 1.82) is 0 Å². The van der Waals surface area contributed by atoms with E-state index in [-0.39, 0.29) is 0 Å². The van der Waals surface area contributed by atoms with E-state index in [0.717, 1.165) is 17.5 Å². The monoisotopic (exact) mass is 324 g/mol. The van der Waals surface area contributed by atoms with Gasteiger partial charge in [-0.25, -0.2) is 9.97 Å². The Morgan fingerprint density at radius 1 is 1.23 bits per heavy atom. The number of rotatable bonds is 3. The first-order chi connectivity index (χ1) is 10.4. The highest BCUT2D eigenvalue weighted by Crippen LogP contribution is 2.32. The zero-order valence-electron chi connectivity index (χ0n) is 11.5. The van der Waals surface area contributed by atoms with Crippen LogP contribution in [0, 0.1) is 0 Å². The van der Waals surface area contributed by atoms with Crippen LogP contribution in [-0.2, 0) is 19.0 Å². The Morgan fingerprint density at radius 3 is 2.82 bits per heavy atom. The normalized spacial score (nSPS) is 12.0. The van der Waals surface area contributed by atoms with Crippen LogP contribution in [0.2, 0.25) is 0 Å². The molecule has 0 unspecified atom stereocenters. The highest BCUT2D eigenvalue weighted by molar-refractivity contribution is 7.98. The summed E-state index contributed by atoms with van der Waals surface area (Å²) in [6.07, 6.45) is -1.24. The second-order valence-corrected chi connectivity index (χ2v) is 5.64. The number of alkyl halides is 3. The van der Waals surface area contributed by atoms with Gasteiger partial charge in [-0.1, -0.05) is 18.2 Å². The third-order valence-electron chi connectivity index (χ3n) is 3.12. The van der Waals surface area contributed by atoms with Gasteiger partial charge in [0.1, 0.15) is 11.4 Å². The number of fused-ring (bicyclic) bond motifs is 1. The fraction of sp³-hybridized carbons (Fsp3) is 0.214. The summed E-state index contributed by atoms with van der Waals surface area (Å²) >= 11 is 1.36. The number of aromatic nitrogens is 4. The van der Waals surface area contributed by atoms with Gasteiger partial charge in [-0.3, -0.25) is 4.68 Å². The zero-order valence-corrected chi connectivity index (χ0v) is 12.3. The first-order valence-electron chi connectivity index (χ1n) is 6.37. The number of hydrogen-bond donors (Lipinski definition) is 0. The van der Waals surface area contributed by atoms with E-state index >= 15 is 0 Å². The van der Waals surface area contributed by atoms with Crippen molar-refractivity contribution in [1.82, 2.24) is 19.7 Å². The van der Waals surface area contributed by atoms with Crippen molar-refractivity contribution in [2.45, 2.75) is 17.0 Å². The molecule has 3 aromatic rings. The molecule has 2 heterocycles. The molecule has 114 valence electrons. The predicted molar refractivity (Wildman–Crippen MR) is 77.3 cm³/mol. The van der Waals surface area contributed by atoms with Gasteiger partial charge in [0, 0.05) is 12.8 Å². The lowest BCUT2D eigenvalue weighted by atomic mass is 10.1. The minimum Gasteiger partial charge on any atom is -0.250 e. The van der Waals surface area contributed by atoms with Gasteiger partial charge < -0.3 is 0 Å².